The summed E-state index contributed by atoms with van der Waals surface area (Å²) in [5.41, 5.74) is 3.36. The summed E-state index contributed by atoms with van der Waals surface area (Å²) >= 11 is 5.91. The molecule has 2 rings (SSSR count). The zero-order valence-corrected chi connectivity index (χ0v) is 10.2. The molecule has 0 saturated heterocycles. The first kappa shape index (κ1) is 11.0. The third-order valence-electron chi connectivity index (χ3n) is 2.95. The minimum Gasteiger partial charge on any atom is -0.346 e. The fourth-order valence-corrected chi connectivity index (χ4v) is 1.89. The van der Waals surface area contributed by atoms with Crippen molar-refractivity contribution >= 4 is 28.9 Å². The average Bonchev–Trinajstić information content (AvgIpc) is 2.32. The molecule has 0 fully saturated rings. The van der Waals surface area contributed by atoms with E-state index in [-0.39, 0.29) is 5.91 Å². The molecule has 1 aromatic rings. The molecule has 1 N–H and O–H groups in total. The highest BCUT2D eigenvalue weighted by molar-refractivity contribution is 6.31. The molecule has 1 amide bonds. The van der Waals surface area contributed by atoms with Crippen molar-refractivity contribution in [2.24, 2.45) is 0 Å². The molecule has 1 aliphatic rings. The van der Waals surface area contributed by atoms with Crippen LogP contribution in [0.1, 0.15) is 13.8 Å². The number of fused-ring (bicyclic) bond motifs is 1. The van der Waals surface area contributed by atoms with Gasteiger partial charge in [-0.05, 0) is 32.0 Å². The van der Waals surface area contributed by atoms with Gasteiger partial charge in [-0.3, -0.25) is 4.79 Å². The third kappa shape index (κ3) is 1.67. The molecular formula is C12H13ClN2O. The molecule has 0 spiro atoms. The van der Waals surface area contributed by atoms with E-state index in [0.29, 0.717) is 5.02 Å². The minimum atomic E-state index is -0.0784. The zero-order valence-electron chi connectivity index (χ0n) is 9.47. The Bertz CT molecular complexity index is 494. The first-order valence-electron chi connectivity index (χ1n) is 5.03. The van der Waals surface area contributed by atoms with E-state index in [1.54, 1.807) is 6.07 Å². The summed E-state index contributed by atoms with van der Waals surface area (Å²) in [6, 6.07) is 5.48. The standard InChI is InChI=1S/C12H13ClN2O/c1-7-8(2)15(3)11-5-4-9(13)6-10(11)14-12(7)16/h4-6H,1-3H3,(H,14,16). The number of hydrogen-bond acceptors (Lipinski definition) is 2. The van der Waals surface area contributed by atoms with E-state index in [0.717, 1.165) is 22.6 Å². The van der Waals surface area contributed by atoms with Gasteiger partial charge < -0.3 is 10.2 Å². The maximum Gasteiger partial charge on any atom is 0.253 e. The fourth-order valence-electron chi connectivity index (χ4n) is 1.71. The highest BCUT2D eigenvalue weighted by atomic mass is 35.5. The number of amides is 1. The van der Waals surface area contributed by atoms with Gasteiger partial charge in [0.2, 0.25) is 0 Å². The van der Waals surface area contributed by atoms with Gasteiger partial charge in [0.05, 0.1) is 11.4 Å². The quantitative estimate of drug-likeness (QED) is 0.751. The van der Waals surface area contributed by atoms with Crippen LogP contribution in [-0.2, 0) is 4.79 Å². The van der Waals surface area contributed by atoms with Crippen LogP contribution in [0.5, 0.6) is 0 Å². The summed E-state index contributed by atoms with van der Waals surface area (Å²) in [7, 11) is 1.94. The van der Waals surface area contributed by atoms with Gasteiger partial charge in [0.15, 0.2) is 0 Å². The molecular weight excluding hydrogens is 224 g/mol. The number of nitrogens with zero attached hydrogens (tertiary/aromatic N) is 1. The van der Waals surface area contributed by atoms with Crippen molar-refractivity contribution in [3.63, 3.8) is 0 Å². The molecule has 0 bridgehead atoms. The Morgan fingerprint density at radius 2 is 2.00 bits per heavy atom. The summed E-state index contributed by atoms with van der Waals surface area (Å²) in [5.74, 6) is -0.0784. The van der Waals surface area contributed by atoms with Crippen molar-refractivity contribution < 1.29 is 4.79 Å². The molecule has 0 aromatic heterocycles. The largest absolute Gasteiger partial charge is 0.346 e. The van der Waals surface area contributed by atoms with Crippen LogP contribution in [0.25, 0.3) is 0 Å². The average molecular weight is 237 g/mol. The molecule has 16 heavy (non-hydrogen) atoms. The fraction of sp³-hybridized carbons (Fsp3) is 0.250. The molecule has 0 aliphatic carbocycles. The van der Waals surface area contributed by atoms with Crippen molar-refractivity contribution in [2.75, 3.05) is 17.3 Å². The van der Waals surface area contributed by atoms with Crippen LogP contribution in [0, 0.1) is 0 Å². The highest BCUT2D eigenvalue weighted by Crippen LogP contribution is 2.33. The van der Waals surface area contributed by atoms with Gasteiger partial charge in [0, 0.05) is 23.3 Å². The number of benzene rings is 1. The van der Waals surface area contributed by atoms with E-state index >= 15 is 0 Å². The summed E-state index contributed by atoms with van der Waals surface area (Å²) in [4.78, 5) is 13.8. The summed E-state index contributed by atoms with van der Waals surface area (Å²) in [6.07, 6.45) is 0. The molecule has 84 valence electrons. The van der Waals surface area contributed by atoms with Crippen LogP contribution in [0.4, 0.5) is 11.4 Å². The van der Waals surface area contributed by atoms with Crippen LogP contribution < -0.4 is 10.2 Å². The first-order chi connectivity index (χ1) is 7.50. The predicted molar refractivity (Wildman–Crippen MR) is 66.9 cm³/mol. The molecule has 4 heteroatoms. The Morgan fingerprint density at radius 1 is 1.31 bits per heavy atom. The van der Waals surface area contributed by atoms with E-state index in [9.17, 15) is 4.79 Å². The predicted octanol–water partition coefficient (Wildman–Crippen LogP) is 3.02. The van der Waals surface area contributed by atoms with Crippen molar-refractivity contribution in [2.45, 2.75) is 13.8 Å². The molecule has 0 saturated carbocycles. The normalized spacial score (nSPS) is 15.8. The van der Waals surface area contributed by atoms with Gasteiger partial charge in [-0.2, -0.15) is 0 Å². The highest BCUT2D eigenvalue weighted by Gasteiger charge is 2.20. The lowest BCUT2D eigenvalue weighted by atomic mass is 10.2. The number of hydrogen-bond donors (Lipinski definition) is 1. The van der Waals surface area contributed by atoms with Crippen molar-refractivity contribution in [3.05, 3.63) is 34.5 Å². The molecule has 3 nitrogen and oxygen atoms in total. The van der Waals surface area contributed by atoms with Crippen LogP contribution in [0.3, 0.4) is 0 Å². The van der Waals surface area contributed by atoms with Crippen molar-refractivity contribution in [3.8, 4) is 0 Å². The van der Waals surface area contributed by atoms with E-state index in [1.807, 2.05) is 37.9 Å². The summed E-state index contributed by atoms with van der Waals surface area (Å²) < 4.78 is 0. The number of anilines is 2. The van der Waals surface area contributed by atoms with Crippen LogP contribution in [0.15, 0.2) is 29.5 Å². The van der Waals surface area contributed by atoms with Gasteiger partial charge in [-0.25, -0.2) is 0 Å². The molecule has 0 unspecified atom stereocenters. The Morgan fingerprint density at radius 3 is 2.69 bits per heavy atom. The second-order valence-corrected chi connectivity index (χ2v) is 4.32. The SMILES string of the molecule is CC1=C(C)N(C)c2ccc(Cl)cc2NC1=O. The second kappa shape index (κ2) is 3.83. The number of halogens is 1. The lowest BCUT2D eigenvalue weighted by molar-refractivity contribution is -0.112. The molecule has 1 heterocycles. The molecule has 1 aliphatic heterocycles. The van der Waals surface area contributed by atoms with E-state index in [4.69, 9.17) is 11.6 Å². The smallest absolute Gasteiger partial charge is 0.253 e. The molecule has 0 radical (unpaired) electrons. The summed E-state index contributed by atoms with van der Waals surface area (Å²) in [6.45, 7) is 3.74. The van der Waals surface area contributed by atoms with Gasteiger partial charge in [-0.15, -0.1) is 0 Å². The number of carbonyl (C=O) groups is 1. The van der Waals surface area contributed by atoms with Crippen LogP contribution in [0.2, 0.25) is 5.02 Å². The number of nitrogens with one attached hydrogen (secondary N) is 1. The maximum absolute atomic E-state index is 11.8. The maximum atomic E-state index is 11.8. The first-order valence-corrected chi connectivity index (χ1v) is 5.40. The Labute approximate surface area is 99.7 Å². The van der Waals surface area contributed by atoms with Crippen molar-refractivity contribution in [1.82, 2.24) is 0 Å². The zero-order chi connectivity index (χ0) is 11.9. The molecule has 0 atom stereocenters. The Balaban J connectivity index is 2.61. The second-order valence-electron chi connectivity index (χ2n) is 3.89. The number of allylic oxidation sites excluding steroid dienone is 1. The van der Waals surface area contributed by atoms with Gasteiger partial charge in [-0.1, -0.05) is 11.6 Å². The van der Waals surface area contributed by atoms with Crippen LogP contribution >= 0.6 is 11.6 Å². The topological polar surface area (TPSA) is 32.3 Å². The minimum absolute atomic E-state index is 0.0784. The van der Waals surface area contributed by atoms with Gasteiger partial charge in [0.25, 0.3) is 5.91 Å². The Kier molecular flexibility index (Phi) is 2.64. The number of carbonyl (C=O) groups excluding carboxylic acids is 1. The lowest BCUT2D eigenvalue weighted by Crippen LogP contribution is -2.15. The third-order valence-corrected chi connectivity index (χ3v) is 3.19. The Hall–Kier alpha value is -1.48. The van der Waals surface area contributed by atoms with Gasteiger partial charge in [0.1, 0.15) is 0 Å². The lowest BCUT2D eigenvalue weighted by Gasteiger charge is -2.20. The van der Waals surface area contributed by atoms with Crippen molar-refractivity contribution in [1.29, 1.82) is 0 Å². The van der Waals surface area contributed by atoms with E-state index < -0.39 is 0 Å². The molecule has 1 aromatic carbocycles. The van der Waals surface area contributed by atoms with Crippen LogP contribution in [-0.4, -0.2) is 13.0 Å². The number of rotatable bonds is 0. The van der Waals surface area contributed by atoms with Gasteiger partial charge >= 0.3 is 0 Å². The summed E-state index contributed by atoms with van der Waals surface area (Å²) in [5, 5.41) is 3.47. The monoisotopic (exact) mass is 236 g/mol. The van der Waals surface area contributed by atoms with E-state index in [1.165, 1.54) is 0 Å². The van der Waals surface area contributed by atoms with E-state index in [2.05, 4.69) is 5.32 Å².